The molecule has 1 saturated heterocycles. The van der Waals surface area contributed by atoms with Gasteiger partial charge in [0, 0.05) is 45.3 Å². The Kier molecular flexibility index (Phi) is 9.64. The Hall–Kier alpha value is -1.22. The van der Waals surface area contributed by atoms with E-state index in [1.54, 1.807) is 6.07 Å². The molecule has 1 saturated carbocycles. The predicted octanol–water partition coefficient (Wildman–Crippen LogP) is 2.97. The van der Waals surface area contributed by atoms with Gasteiger partial charge in [0.25, 0.3) is 0 Å². The Morgan fingerprint density at radius 1 is 1.18 bits per heavy atom. The summed E-state index contributed by atoms with van der Waals surface area (Å²) in [6.45, 7) is 8.49. The number of benzene rings is 1. The summed E-state index contributed by atoms with van der Waals surface area (Å²) in [7, 11) is 2.24. The molecule has 158 valence electrons. The number of phenols is 1. The van der Waals surface area contributed by atoms with Gasteiger partial charge in [-0.3, -0.25) is 4.99 Å². The Balaban J connectivity index is 0.00000280. The molecule has 28 heavy (non-hydrogen) atoms. The molecule has 1 aliphatic heterocycles. The van der Waals surface area contributed by atoms with E-state index in [9.17, 15) is 5.11 Å². The van der Waals surface area contributed by atoms with Crippen LogP contribution in [0.4, 0.5) is 5.69 Å². The van der Waals surface area contributed by atoms with Crippen LogP contribution >= 0.6 is 24.0 Å². The first-order chi connectivity index (χ1) is 13.2. The summed E-state index contributed by atoms with van der Waals surface area (Å²) in [6, 6.07) is 8.35. The number of likely N-dealkylation sites (N-methyl/N-ethyl adjacent to an activating group) is 1. The van der Waals surface area contributed by atoms with E-state index in [4.69, 9.17) is 4.99 Å². The smallest absolute Gasteiger partial charge is 0.194 e. The van der Waals surface area contributed by atoms with Gasteiger partial charge >= 0.3 is 0 Å². The van der Waals surface area contributed by atoms with Crippen molar-refractivity contribution in [3.8, 4) is 5.75 Å². The van der Waals surface area contributed by atoms with E-state index in [2.05, 4.69) is 34.0 Å². The van der Waals surface area contributed by atoms with Crippen molar-refractivity contribution in [1.29, 1.82) is 0 Å². The molecule has 0 aromatic heterocycles. The number of hydrogen-bond acceptors (Lipinski definition) is 4. The zero-order valence-electron chi connectivity index (χ0n) is 17.3. The molecule has 0 bridgehead atoms. The average Bonchev–Trinajstić information content (AvgIpc) is 3.23. The number of guanidine groups is 1. The lowest BCUT2D eigenvalue weighted by Crippen LogP contribution is -2.52. The predicted molar refractivity (Wildman–Crippen MR) is 128 cm³/mol. The van der Waals surface area contributed by atoms with E-state index < -0.39 is 0 Å². The van der Waals surface area contributed by atoms with Gasteiger partial charge in [-0.2, -0.15) is 0 Å². The molecular formula is C21H36IN5O. The zero-order valence-corrected chi connectivity index (χ0v) is 19.6. The number of phenolic OH excluding ortho intramolecular Hbond substituents is 1. The van der Waals surface area contributed by atoms with Gasteiger partial charge in [0.05, 0.1) is 12.2 Å². The second-order valence-electron chi connectivity index (χ2n) is 7.62. The summed E-state index contributed by atoms with van der Waals surface area (Å²) < 4.78 is 0. The highest BCUT2D eigenvalue weighted by atomic mass is 127. The van der Waals surface area contributed by atoms with Crippen LogP contribution in [0.5, 0.6) is 5.75 Å². The fourth-order valence-electron chi connectivity index (χ4n) is 4.16. The van der Waals surface area contributed by atoms with Gasteiger partial charge < -0.3 is 25.1 Å². The lowest BCUT2D eigenvalue weighted by atomic mass is 10.2. The quantitative estimate of drug-likeness (QED) is 0.357. The summed E-state index contributed by atoms with van der Waals surface area (Å²) in [4.78, 5) is 12.0. The van der Waals surface area contributed by atoms with Crippen molar-refractivity contribution in [2.45, 2.75) is 38.6 Å². The minimum Gasteiger partial charge on any atom is -0.506 e. The number of halogens is 1. The minimum absolute atomic E-state index is 0. The zero-order chi connectivity index (χ0) is 19.1. The van der Waals surface area contributed by atoms with E-state index in [0.29, 0.717) is 5.75 Å². The number of aromatic hydroxyl groups is 1. The molecule has 0 atom stereocenters. The molecule has 2 N–H and O–H groups in total. The fourth-order valence-corrected chi connectivity index (χ4v) is 4.16. The average molecular weight is 501 g/mol. The normalized spacial score (nSPS) is 18.5. The number of nitrogens with one attached hydrogen (secondary N) is 1. The van der Waals surface area contributed by atoms with Crippen LogP contribution in [0.2, 0.25) is 0 Å². The van der Waals surface area contributed by atoms with Gasteiger partial charge in [0.2, 0.25) is 0 Å². The van der Waals surface area contributed by atoms with E-state index in [1.165, 1.54) is 25.7 Å². The van der Waals surface area contributed by atoms with Crippen molar-refractivity contribution in [2.24, 2.45) is 4.99 Å². The molecule has 0 spiro atoms. The molecule has 6 nitrogen and oxygen atoms in total. The summed E-state index contributed by atoms with van der Waals surface area (Å²) in [5.74, 6) is 1.38. The van der Waals surface area contributed by atoms with Crippen LogP contribution in [0.3, 0.4) is 0 Å². The fraction of sp³-hybridized carbons (Fsp3) is 0.667. The Labute approximate surface area is 187 Å². The SMILES string of the molecule is CCNC(=NCCN(C)C1CCCC1)N1CCN(c2ccccc2O)CC1.I. The van der Waals surface area contributed by atoms with Gasteiger partial charge in [-0.15, -0.1) is 24.0 Å². The van der Waals surface area contributed by atoms with E-state index >= 15 is 0 Å². The maximum Gasteiger partial charge on any atom is 0.194 e. The van der Waals surface area contributed by atoms with Crippen molar-refractivity contribution in [3.05, 3.63) is 24.3 Å². The molecule has 0 amide bonds. The van der Waals surface area contributed by atoms with Crippen LogP contribution in [0, 0.1) is 0 Å². The van der Waals surface area contributed by atoms with Crippen LogP contribution in [-0.4, -0.2) is 79.8 Å². The second-order valence-corrected chi connectivity index (χ2v) is 7.62. The number of anilines is 1. The third kappa shape index (κ3) is 6.14. The highest BCUT2D eigenvalue weighted by Crippen LogP contribution is 2.27. The first-order valence-corrected chi connectivity index (χ1v) is 10.5. The molecule has 0 radical (unpaired) electrons. The largest absolute Gasteiger partial charge is 0.506 e. The molecule has 0 unspecified atom stereocenters. The van der Waals surface area contributed by atoms with Crippen LogP contribution in [0.25, 0.3) is 0 Å². The summed E-state index contributed by atoms with van der Waals surface area (Å²) in [6.07, 6.45) is 5.44. The number of hydrogen-bond donors (Lipinski definition) is 2. The maximum atomic E-state index is 10.1. The van der Waals surface area contributed by atoms with Crippen LogP contribution in [0.15, 0.2) is 29.3 Å². The standard InChI is InChI=1S/C21H35N5O.HI/c1-3-22-21(23-12-13-24(2)18-8-4-5-9-18)26-16-14-25(15-17-26)19-10-6-7-11-20(19)27;/h6-7,10-11,18,27H,3-5,8-9,12-17H2,1-2H3,(H,22,23);1H. The second kappa shape index (κ2) is 11.7. The molecule has 7 heteroatoms. The first-order valence-electron chi connectivity index (χ1n) is 10.5. The third-order valence-corrected chi connectivity index (χ3v) is 5.80. The Morgan fingerprint density at radius 2 is 1.86 bits per heavy atom. The van der Waals surface area contributed by atoms with Crippen LogP contribution in [0.1, 0.15) is 32.6 Å². The van der Waals surface area contributed by atoms with Gasteiger partial charge in [-0.05, 0) is 38.9 Å². The van der Waals surface area contributed by atoms with Gasteiger partial charge in [-0.1, -0.05) is 25.0 Å². The molecule has 1 aromatic rings. The molecule has 1 heterocycles. The van der Waals surface area contributed by atoms with Crippen molar-refractivity contribution < 1.29 is 5.11 Å². The number of aliphatic imine (C=N–C) groups is 1. The van der Waals surface area contributed by atoms with E-state index in [-0.39, 0.29) is 24.0 Å². The van der Waals surface area contributed by atoms with Crippen LogP contribution < -0.4 is 10.2 Å². The van der Waals surface area contributed by atoms with Crippen molar-refractivity contribution >= 4 is 35.6 Å². The molecule has 2 fully saturated rings. The van der Waals surface area contributed by atoms with Gasteiger partial charge in [0.15, 0.2) is 5.96 Å². The number of para-hydroxylation sites is 2. The van der Waals surface area contributed by atoms with Gasteiger partial charge in [0.1, 0.15) is 5.75 Å². The maximum absolute atomic E-state index is 10.1. The molecule has 3 rings (SSSR count). The number of nitrogens with zero attached hydrogens (tertiary/aromatic N) is 4. The summed E-state index contributed by atoms with van der Waals surface area (Å²) >= 11 is 0. The Bertz CT molecular complexity index is 613. The lowest BCUT2D eigenvalue weighted by molar-refractivity contribution is 0.252. The summed E-state index contributed by atoms with van der Waals surface area (Å²) in [5.41, 5.74) is 0.928. The molecule has 2 aliphatic rings. The summed E-state index contributed by atoms with van der Waals surface area (Å²) in [5, 5.41) is 13.5. The highest BCUT2D eigenvalue weighted by molar-refractivity contribution is 14.0. The highest BCUT2D eigenvalue weighted by Gasteiger charge is 2.22. The lowest BCUT2D eigenvalue weighted by Gasteiger charge is -2.38. The van der Waals surface area contributed by atoms with Gasteiger partial charge in [-0.25, -0.2) is 0 Å². The van der Waals surface area contributed by atoms with Crippen molar-refractivity contribution in [2.75, 3.05) is 57.8 Å². The topological polar surface area (TPSA) is 54.3 Å². The number of piperazine rings is 1. The molecule has 1 aromatic carbocycles. The Morgan fingerprint density at radius 3 is 2.50 bits per heavy atom. The van der Waals surface area contributed by atoms with Crippen molar-refractivity contribution in [3.63, 3.8) is 0 Å². The number of rotatable bonds is 6. The monoisotopic (exact) mass is 501 g/mol. The molecular weight excluding hydrogens is 465 g/mol. The third-order valence-electron chi connectivity index (χ3n) is 5.80. The first kappa shape index (κ1) is 23.1. The van der Waals surface area contributed by atoms with E-state index in [0.717, 1.165) is 63.5 Å². The van der Waals surface area contributed by atoms with Crippen molar-refractivity contribution in [1.82, 2.24) is 15.1 Å². The minimum atomic E-state index is 0. The molecule has 1 aliphatic carbocycles. The van der Waals surface area contributed by atoms with Crippen LogP contribution in [-0.2, 0) is 0 Å². The van der Waals surface area contributed by atoms with E-state index in [1.807, 2.05) is 18.2 Å².